The summed E-state index contributed by atoms with van der Waals surface area (Å²) in [5.74, 6) is 2.40. The predicted molar refractivity (Wildman–Crippen MR) is 94.2 cm³/mol. The van der Waals surface area contributed by atoms with Crippen molar-refractivity contribution in [3.05, 3.63) is 30.2 Å². The van der Waals surface area contributed by atoms with Gasteiger partial charge in [0.15, 0.2) is 0 Å². The minimum Gasteiger partial charge on any atom is -0.497 e. The molecule has 1 aliphatic carbocycles. The van der Waals surface area contributed by atoms with Crippen molar-refractivity contribution in [2.75, 3.05) is 13.7 Å². The summed E-state index contributed by atoms with van der Waals surface area (Å²) in [6.07, 6.45) is 3.56. The average molecular weight is 343 g/mol. The summed E-state index contributed by atoms with van der Waals surface area (Å²) in [7, 11) is 1.63. The normalized spacial score (nSPS) is 15.0. The largest absolute Gasteiger partial charge is 0.497 e. The van der Waals surface area contributed by atoms with Gasteiger partial charge in [0.05, 0.1) is 7.11 Å². The van der Waals surface area contributed by atoms with Crippen LogP contribution >= 0.6 is 0 Å². The first kappa shape index (κ1) is 17.5. The zero-order chi connectivity index (χ0) is 17.8. The third kappa shape index (κ3) is 4.18. The van der Waals surface area contributed by atoms with Crippen molar-refractivity contribution in [2.45, 2.75) is 45.6 Å². The summed E-state index contributed by atoms with van der Waals surface area (Å²) < 4.78 is 10.5. The van der Waals surface area contributed by atoms with Gasteiger partial charge >= 0.3 is 0 Å². The van der Waals surface area contributed by atoms with E-state index in [2.05, 4.69) is 24.0 Å². The number of carbonyl (C=O) groups excluding carboxylic acids is 1. The lowest BCUT2D eigenvalue weighted by Gasteiger charge is -2.28. The Kier molecular flexibility index (Phi) is 5.36. The number of ether oxygens (including phenoxy) is 1. The van der Waals surface area contributed by atoms with E-state index >= 15 is 0 Å². The molecular weight excluding hydrogens is 318 g/mol. The Hall–Kier alpha value is -2.37. The molecule has 1 heterocycles. The van der Waals surface area contributed by atoms with E-state index in [9.17, 15) is 4.79 Å². The van der Waals surface area contributed by atoms with Crippen LogP contribution in [0.3, 0.4) is 0 Å². The second-order valence-electron chi connectivity index (χ2n) is 6.55. The van der Waals surface area contributed by atoms with Gasteiger partial charge in [0.1, 0.15) is 5.75 Å². The van der Waals surface area contributed by atoms with Crippen LogP contribution in [0.2, 0.25) is 0 Å². The first-order chi connectivity index (χ1) is 12.1. The molecule has 1 aromatic heterocycles. The summed E-state index contributed by atoms with van der Waals surface area (Å²) in [4.78, 5) is 18.9. The number of methoxy groups -OCH3 is 1. The summed E-state index contributed by atoms with van der Waals surface area (Å²) in [6, 6.07) is 7.76. The molecule has 1 aliphatic rings. The zero-order valence-electron chi connectivity index (χ0n) is 15.1. The van der Waals surface area contributed by atoms with Crippen molar-refractivity contribution >= 4 is 5.91 Å². The average Bonchev–Trinajstić information content (AvgIpc) is 3.40. The quantitative estimate of drug-likeness (QED) is 0.735. The Balaban J connectivity index is 1.64. The molecule has 1 fully saturated rings. The van der Waals surface area contributed by atoms with Gasteiger partial charge in [-0.25, -0.2) is 0 Å². The van der Waals surface area contributed by atoms with E-state index < -0.39 is 0 Å². The zero-order valence-corrected chi connectivity index (χ0v) is 15.1. The third-order valence-electron chi connectivity index (χ3n) is 4.72. The molecule has 1 aromatic carbocycles. The van der Waals surface area contributed by atoms with Gasteiger partial charge in [0.25, 0.3) is 0 Å². The van der Waals surface area contributed by atoms with E-state index in [0.29, 0.717) is 24.7 Å². The molecular formula is C19H25N3O3. The van der Waals surface area contributed by atoms with Crippen molar-refractivity contribution < 1.29 is 14.1 Å². The van der Waals surface area contributed by atoms with Crippen LogP contribution in [0.25, 0.3) is 11.4 Å². The maximum Gasteiger partial charge on any atom is 0.228 e. The Morgan fingerprint density at radius 3 is 2.68 bits per heavy atom. The van der Waals surface area contributed by atoms with Crippen LogP contribution in [-0.4, -0.2) is 40.6 Å². The summed E-state index contributed by atoms with van der Waals surface area (Å²) in [5, 5.41) is 4.05. The minimum absolute atomic E-state index is 0.228. The molecule has 0 bridgehead atoms. The molecule has 1 amide bonds. The van der Waals surface area contributed by atoms with Crippen LogP contribution in [-0.2, 0) is 11.2 Å². The lowest BCUT2D eigenvalue weighted by molar-refractivity contribution is -0.134. The van der Waals surface area contributed by atoms with E-state index in [1.807, 2.05) is 29.2 Å². The molecule has 2 aromatic rings. The fourth-order valence-electron chi connectivity index (χ4n) is 2.76. The van der Waals surface area contributed by atoms with Gasteiger partial charge in [-0.05, 0) is 50.5 Å². The van der Waals surface area contributed by atoms with Crippen LogP contribution in [0.4, 0.5) is 0 Å². The first-order valence-electron chi connectivity index (χ1n) is 8.89. The number of amides is 1. The highest BCUT2D eigenvalue weighted by Gasteiger charge is 2.34. The van der Waals surface area contributed by atoms with Crippen molar-refractivity contribution in [1.29, 1.82) is 0 Å². The van der Waals surface area contributed by atoms with Gasteiger partial charge < -0.3 is 14.2 Å². The van der Waals surface area contributed by atoms with E-state index in [0.717, 1.165) is 30.6 Å². The molecule has 25 heavy (non-hydrogen) atoms. The van der Waals surface area contributed by atoms with Gasteiger partial charge in [-0.3, -0.25) is 4.79 Å². The maximum absolute atomic E-state index is 12.5. The number of carbonyl (C=O) groups is 1. The van der Waals surface area contributed by atoms with Crippen LogP contribution in [0.5, 0.6) is 5.75 Å². The fraction of sp³-hybridized carbons (Fsp3) is 0.526. The molecule has 6 heteroatoms. The second-order valence-corrected chi connectivity index (χ2v) is 6.55. The minimum atomic E-state index is 0.228. The van der Waals surface area contributed by atoms with Gasteiger partial charge in [-0.2, -0.15) is 4.98 Å². The van der Waals surface area contributed by atoms with Gasteiger partial charge in [0, 0.05) is 30.5 Å². The molecule has 134 valence electrons. The Morgan fingerprint density at radius 1 is 1.36 bits per heavy atom. The van der Waals surface area contributed by atoms with E-state index in [1.165, 1.54) is 0 Å². The number of nitrogens with zero attached hydrogens (tertiary/aromatic N) is 3. The third-order valence-corrected chi connectivity index (χ3v) is 4.72. The van der Waals surface area contributed by atoms with E-state index in [1.54, 1.807) is 7.11 Å². The topological polar surface area (TPSA) is 68.5 Å². The smallest absolute Gasteiger partial charge is 0.228 e. The number of aromatic nitrogens is 2. The molecule has 0 radical (unpaired) electrons. The summed E-state index contributed by atoms with van der Waals surface area (Å²) in [6.45, 7) is 4.82. The van der Waals surface area contributed by atoms with Crippen molar-refractivity contribution in [3.63, 3.8) is 0 Å². The van der Waals surface area contributed by atoms with Crippen LogP contribution in [0, 0.1) is 5.92 Å². The van der Waals surface area contributed by atoms with Crippen LogP contribution < -0.4 is 4.74 Å². The van der Waals surface area contributed by atoms with Gasteiger partial charge in [0.2, 0.25) is 17.6 Å². The summed E-state index contributed by atoms with van der Waals surface area (Å²) >= 11 is 0. The van der Waals surface area contributed by atoms with E-state index in [4.69, 9.17) is 9.26 Å². The highest BCUT2D eigenvalue weighted by Crippen LogP contribution is 2.32. The standard InChI is InChI=1S/C19H25N3O3/c1-4-13(2)22(19(23)15-5-6-15)12-11-17-20-18(21-25-17)14-7-9-16(24-3)10-8-14/h7-10,13,15H,4-6,11-12H2,1-3H3. The highest BCUT2D eigenvalue weighted by atomic mass is 16.5. The lowest BCUT2D eigenvalue weighted by atomic mass is 10.2. The van der Waals surface area contributed by atoms with Gasteiger partial charge in [-0.15, -0.1) is 0 Å². The Labute approximate surface area is 148 Å². The predicted octanol–water partition coefficient (Wildman–Crippen LogP) is 3.32. The van der Waals surface area contributed by atoms with E-state index in [-0.39, 0.29) is 17.9 Å². The lowest BCUT2D eigenvalue weighted by Crippen LogP contribution is -2.40. The first-order valence-corrected chi connectivity index (χ1v) is 8.89. The van der Waals surface area contributed by atoms with Crippen molar-refractivity contribution in [3.8, 4) is 17.1 Å². The molecule has 0 saturated heterocycles. The molecule has 0 N–H and O–H groups in total. The van der Waals surface area contributed by atoms with Crippen molar-refractivity contribution in [2.24, 2.45) is 5.92 Å². The maximum atomic E-state index is 12.5. The Morgan fingerprint density at radius 2 is 2.08 bits per heavy atom. The molecule has 6 nitrogen and oxygen atoms in total. The number of rotatable bonds is 8. The second kappa shape index (κ2) is 7.68. The van der Waals surface area contributed by atoms with Crippen LogP contribution in [0.15, 0.2) is 28.8 Å². The van der Waals surface area contributed by atoms with Crippen LogP contribution in [0.1, 0.15) is 39.0 Å². The SMILES string of the molecule is CCC(C)N(CCc1nc(-c2ccc(OC)cc2)no1)C(=O)C1CC1. The number of hydrogen-bond donors (Lipinski definition) is 0. The highest BCUT2D eigenvalue weighted by molar-refractivity contribution is 5.81. The molecule has 1 saturated carbocycles. The number of benzene rings is 1. The molecule has 1 atom stereocenters. The molecule has 3 rings (SSSR count). The molecule has 1 unspecified atom stereocenters. The Bertz CT molecular complexity index is 707. The summed E-state index contributed by atoms with van der Waals surface area (Å²) in [5.41, 5.74) is 0.878. The molecule has 0 spiro atoms. The fourth-order valence-corrected chi connectivity index (χ4v) is 2.76. The molecule has 0 aliphatic heterocycles. The van der Waals surface area contributed by atoms with Gasteiger partial charge in [-0.1, -0.05) is 12.1 Å². The van der Waals surface area contributed by atoms with Crippen molar-refractivity contribution in [1.82, 2.24) is 15.0 Å². The number of hydrogen-bond acceptors (Lipinski definition) is 5. The monoisotopic (exact) mass is 343 g/mol.